The molecule has 0 unspecified atom stereocenters. The molecule has 90 valence electrons. The lowest BCUT2D eigenvalue weighted by Crippen LogP contribution is -2.57. The first-order valence-electron chi connectivity index (χ1n) is 6.19. The number of rotatable bonds is 5. The summed E-state index contributed by atoms with van der Waals surface area (Å²) in [6.07, 6.45) is 0. The zero-order valence-corrected chi connectivity index (χ0v) is 10.8. The third-order valence-corrected chi connectivity index (χ3v) is 3.08. The van der Waals surface area contributed by atoms with Gasteiger partial charge in [-0.1, -0.05) is 13.8 Å². The highest BCUT2D eigenvalue weighted by Gasteiger charge is 2.27. The maximum Gasteiger partial charge on any atom is 0.0278 e. The minimum absolute atomic E-state index is 0.289. The lowest BCUT2D eigenvalue weighted by atomic mass is 10.0. The fraction of sp³-hybridized carbons (Fsp3) is 1.00. The van der Waals surface area contributed by atoms with Crippen molar-refractivity contribution in [1.82, 2.24) is 15.5 Å². The number of hydrogen-bond acceptors (Lipinski definition) is 3. The second-order valence-electron chi connectivity index (χ2n) is 5.57. The smallest absolute Gasteiger partial charge is 0.0278 e. The molecule has 3 heteroatoms. The summed E-state index contributed by atoms with van der Waals surface area (Å²) in [6, 6.07) is 0. The van der Waals surface area contributed by atoms with E-state index in [1.165, 1.54) is 13.1 Å². The minimum Gasteiger partial charge on any atom is -0.315 e. The highest BCUT2D eigenvalue weighted by Crippen LogP contribution is 2.13. The number of nitrogens with zero attached hydrogens (tertiary/aromatic N) is 1. The monoisotopic (exact) mass is 213 g/mol. The van der Waals surface area contributed by atoms with Crippen LogP contribution in [0.1, 0.15) is 27.7 Å². The summed E-state index contributed by atoms with van der Waals surface area (Å²) in [7, 11) is 0. The van der Waals surface area contributed by atoms with Crippen LogP contribution in [0.5, 0.6) is 0 Å². The Morgan fingerprint density at radius 2 is 1.87 bits per heavy atom. The molecule has 1 aliphatic heterocycles. The standard InChI is InChI=1S/C12H27N3/c1-11(2)9-14-10-12(3,4)15-7-5-13-6-8-15/h11,13-14H,5-10H2,1-4H3. The zero-order valence-electron chi connectivity index (χ0n) is 10.8. The van der Waals surface area contributed by atoms with E-state index in [9.17, 15) is 0 Å². The number of nitrogens with one attached hydrogen (secondary N) is 2. The third-order valence-electron chi connectivity index (χ3n) is 3.08. The molecule has 0 aromatic carbocycles. The summed E-state index contributed by atoms with van der Waals surface area (Å²) in [5.74, 6) is 0.740. The maximum atomic E-state index is 3.56. The molecule has 0 bridgehead atoms. The Kier molecular flexibility index (Phi) is 5.03. The largest absolute Gasteiger partial charge is 0.315 e. The molecule has 0 aromatic heterocycles. The van der Waals surface area contributed by atoms with E-state index in [2.05, 4.69) is 43.2 Å². The quantitative estimate of drug-likeness (QED) is 0.711. The van der Waals surface area contributed by atoms with Crippen LogP contribution in [0.4, 0.5) is 0 Å². The van der Waals surface area contributed by atoms with Crippen LogP contribution < -0.4 is 10.6 Å². The highest BCUT2D eigenvalue weighted by molar-refractivity contribution is 4.86. The second-order valence-corrected chi connectivity index (χ2v) is 5.57. The van der Waals surface area contributed by atoms with Crippen molar-refractivity contribution in [2.45, 2.75) is 33.2 Å². The fourth-order valence-corrected chi connectivity index (χ4v) is 2.05. The summed E-state index contributed by atoms with van der Waals surface area (Å²) in [4.78, 5) is 2.58. The van der Waals surface area contributed by atoms with Crippen molar-refractivity contribution in [3.8, 4) is 0 Å². The maximum absolute atomic E-state index is 3.56. The normalized spacial score (nSPS) is 19.8. The summed E-state index contributed by atoms with van der Waals surface area (Å²) in [5.41, 5.74) is 0.289. The Hall–Kier alpha value is -0.120. The van der Waals surface area contributed by atoms with Crippen LogP contribution in [0.25, 0.3) is 0 Å². The summed E-state index contributed by atoms with van der Waals surface area (Å²) >= 11 is 0. The molecule has 2 N–H and O–H groups in total. The molecule has 1 fully saturated rings. The van der Waals surface area contributed by atoms with Crippen LogP contribution in [-0.2, 0) is 0 Å². The highest BCUT2D eigenvalue weighted by atomic mass is 15.2. The number of hydrogen-bond donors (Lipinski definition) is 2. The van der Waals surface area contributed by atoms with Gasteiger partial charge in [0.25, 0.3) is 0 Å². The topological polar surface area (TPSA) is 27.3 Å². The second kappa shape index (κ2) is 5.83. The molecule has 1 rings (SSSR count). The third kappa shape index (κ3) is 4.49. The SMILES string of the molecule is CC(C)CNCC(C)(C)N1CCNCC1. The fourth-order valence-electron chi connectivity index (χ4n) is 2.05. The lowest BCUT2D eigenvalue weighted by Gasteiger charge is -2.41. The van der Waals surface area contributed by atoms with Gasteiger partial charge in [0.1, 0.15) is 0 Å². The summed E-state index contributed by atoms with van der Waals surface area (Å²) in [6.45, 7) is 16.0. The molecule has 3 nitrogen and oxygen atoms in total. The van der Waals surface area contributed by atoms with Gasteiger partial charge in [0.15, 0.2) is 0 Å². The summed E-state index contributed by atoms with van der Waals surface area (Å²) < 4.78 is 0. The molecular weight excluding hydrogens is 186 g/mol. The molecule has 0 atom stereocenters. The molecule has 0 aliphatic carbocycles. The van der Waals surface area contributed by atoms with E-state index in [0.717, 1.165) is 32.1 Å². The van der Waals surface area contributed by atoms with Gasteiger partial charge in [0, 0.05) is 38.3 Å². The Bertz CT molecular complexity index is 172. The van der Waals surface area contributed by atoms with Crippen LogP contribution in [0.15, 0.2) is 0 Å². The van der Waals surface area contributed by atoms with Crippen LogP contribution in [0, 0.1) is 5.92 Å². The van der Waals surface area contributed by atoms with Gasteiger partial charge in [-0.25, -0.2) is 0 Å². The Balaban J connectivity index is 2.29. The molecule has 1 aliphatic rings. The molecule has 15 heavy (non-hydrogen) atoms. The predicted octanol–water partition coefficient (Wildman–Crippen LogP) is 0.916. The number of piperazine rings is 1. The van der Waals surface area contributed by atoms with E-state index >= 15 is 0 Å². The predicted molar refractivity (Wildman–Crippen MR) is 66.2 cm³/mol. The van der Waals surface area contributed by atoms with E-state index in [4.69, 9.17) is 0 Å². The van der Waals surface area contributed by atoms with Crippen LogP contribution in [-0.4, -0.2) is 49.7 Å². The van der Waals surface area contributed by atoms with Crippen molar-refractivity contribution in [2.75, 3.05) is 39.3 Å². The molecule has 0 amide bonds. The Morgan fingerprint density at radius 1 is 1.27 bits per heavy atom. The van der Waals surface area contributed by atoms with Crippen LogP contribution in [0.3, 0.4) is 0 Å². The molecule has 0 spiro atoms. The van der Waals surface area contributed by atoms with Crippen molar-refractivity contribution in [1.29, 1.82) is 0 Å². The van der Waals surface area contributed by atoms with Gasteiger partial charge in [0.2, 0.25) is 0 Å². The lowest BCUT2D eigenvalue weighted by molar-refractivity contribution is 0.102. The van der Waals surface area contributed by atoms with Gasteiger partial charge in [-0.15, -0.1) is 0 Å². The van der Waals surface area contributed by atoms with Gasteiger partial charge in [0.05, 0.1) is 0 Å². The van der Waals surface area contributed by atoms with Gasteiger partial charge in [-0.3, -0.25) is 4.90 Å². The Morgan fingerprint density at radius 3 is 2.40 bits per heavy atom. The molecule has 1 heterocycles. The van der Waals surface area contributed by atoms with E-state index in [1.54, 1.807) is 0 Å². The summed E-state index contributed by atoms with van der Waals surface area (Å²) in [5, 5.41) is 6.96. The minimum atomic E-state index is 0.289. The molecule has 0 radical (unpaired) electrons. The Labute approximate surface area is 94.6 Å². The molecule has 0 saturated carbocycles. The van der Waals surface area contributed by atoms with Gasteiger partial charge in [-0.2, -0.15) is 0 Å². The van der Waals surface area contributed by atoms with Crippen LogP contribution >= 0.6 is 0 Å². The van der Waals surface area contributed by atoms with Crippen LogP contribution in [0.2, 0.25) is 0 Å². The molecule has 0 aromatic rings. The molecular formula is C12H27N3. The zero-order chi connectivity index (χ0) is 11.3. The molecule has 1 saturated heterocycles. The van der Waals surface area contributed by atoms with Gasteiger partial charge in [-0.05, 0) is 26.3 Å². The van der Waals surface area contributed by atoms with Crippen molar-refractivity contribution in [3.63, 3.8) is 0 Å². The van der Waals surface area contributed by atoms with Crippen molar-refractivity contribution in [2.24, 2.45) is 5.92 Å². The average Bonchev–Trinajstić information content (AvgIpc) is 2.18. The van der Waals surface area contributed by atoms with Crippen molar-refractivity contribution in [3.05, 3.63) is 0 Å². The first-order chi connectivity index (χ1) is 7.02. The van der Waals surface area contributed by atoms with E-state index in [-0.39, 0.29) is 5.54 Å². The van der Waals surface area contributed by atoms with Gasteiger partial charge >= 0.3 is 0 Å². The van der Waals surface area contributed by atoms with Gasteiger partial charge < -0.3 is 10.6 Å². The first kappa shape index (κ1) is 12.9. The van der Waals surface area contributed by atoms with Crippen molar-refractivity contribution >= 4 is 0 Å². The van der Waals surface area contributed by atoms with Crippen molar-refractivity contribution < 1.29 is 0 Å². The van der Waals surface area contributed by atoms with E-state index < -0.39 is 0 Å². The average molecular weight is 213 g/mol. The van der Waals surface area contributed by atoms with E-state index in [0.29, 0.717) is 0 Å². The first-order valence-corrected chi connectivity index (χ1v) is 6.19. The van der Waals surface area contributed by atoms with E-state index in [1.807, 2.05) is 0 Å².